The Bertz CT molecular complexity index is 590. The van der Waals surface area contributed by atoms with Gasteiger partial charge < -0.3 is 0 Å². The molecule has 1 aromatic carbocycles. The van der Waals surface area contributed by atoms with E-state index in [-0.39, 0.29) is 23.6 Å². The summed E-state index contributed by atoms with van der Waals surface area (Å²) in [4.78, 5) is 45.7. The first-order valence-corrected chi connectivity index (χ1v) is 7.82. The minimum absolute atomic E-state index is 0.138. The summed E-state index contributed by atoms with van der Waals surface area (Å²) in [5.41, 5.74) is 1.08. The smallest absolute Gasteiger partial charge is 0.261 e. The zero-order valence-electron chi connectivity index (χ0n) is 13.1. The summed E-state index contributed by atoms with van der Waals surface area (Å²) < 4.78 is 0. The van der Waals surface area contributed by atoms with E-state index in [1.165, 1.54) is 4.90 Å². The van der Waals surface area contributed by atoms with Crippen LogP contribution in [0.1, 0.15) is 59.7 Å². The molecule has 4 amide bonds. The average molecular weight is 316 g/mol. The van der Waals surface area contributed by atoms with E-state index in [1.807, 2.05) is 6.92 Å². The molecule has 6 nitrogen and oxygen atoms in total. The maximum Gasteiger partial charge on any atom is 0.261 e. The Morgan fingerprint density at radius 2 is 1.48 bits per heavy atom. The minimum atomic E-state index is -0.149. The van der Waals surface area contributed by atoms with Gasteiger partial charge in [0.1, 0.15) is 0 Å². The number of imide groups is 2. The van der Waals surface area contributed by atoms with Gasteiger partial charge in [-0.05, 0) is 25.0 Å². The highest BCUT2D eigenvalue weighted by atomic mass is 16.2. The standard InChI is InChI=1S/C12H13NO2.C5H7NO2/c1-2-3-8-13-11(14)9-6-4-5-7-10(9)12(13)15;7-4-2-1-3-5(8)6-4/h4-7H,2-3,8H2,1H3;1-3H2,(H,6,7,8). The molecule has 0 aliphatic carbocycles. The molecule has 2 aliphatic rings. The topological polar surface area (TPSA) is 83.6 Å². The third-order valence-corrected chi connectivity index (χ3v) is 3.70. The molecule has 1 N–H and O–H groups in total. The Morgan fingerprint density at radius 1 is 0.957 bits per heavy atom. The van der Waals surface area contributed by atoms with E-state index in [9.17, 15) is 19.2 Å². The molecule has 0 spiro atoms. The highest BCUT2D eigenvalue weighted by molar-refractivity contribution is 6.21. The van der Waals surface area contributed by atoms with Crippen molar-refractivity contribution in [2.45, 2.75) is 39.0 Å². The second-order valence-electron chi connectivity index (χ2n) is 5.49. The number of hydrogen-bond donors (Lipinski definition) is 1. The number of carbonyl (C=O) groups is 4. The second-order valence-corrected chi connectivity index (χ2v) is 5.49. The average Bonchev–Trinajstić information content (AvgIpc) is 2.78. The first-order valence-electron chi connectivity index (χ1n) is 7.82. The van der Waals surface area contributed by atoms with Crippen molar-refractivity contribution in [1.29, 1.82) is 0 Å². The van der Waals surface area contributed by atoms with E-state index in [2.05, 4.69) is 5.32 Å². The highest BCUT2D eigenvalue weighted by Crippen LogP contribution is 2.22. The number of fused-ring (bicyclic) bond motifs is 1. The SMILES string of the molecule is CCCCN1C(=O)c2ccccc2C1=O.O=C1CCCC(=O)N1. The molecular formula is C17H20N2O4. The van der Waals surface area contributed by atoms with Crippen LogP contribution in [0.15, 0.2) is 24.3 Å². The Morgan fingerprint density at radius 3 is 1.87 bits per heavy atom. The fourth-order valence-corrected chi connectivity index (χ4v) is 2.45. The van der Waals surface area contributed by atoms with Crippen molar-refractivity contribution in [2.75, 3.05) is 6.54 Å². The van der Waals surface area contributed by atoms with E-state index in [0.29, 0.717) is 36.9 Å². The number of unbranched alkanes of at least 4 members (excludes halogenated alkanes) is 1. The maximum atomic E-state index is 11.8. The van der Waals surface area contributed by atoms with Crippen molar-refractivity contribution in [1.82, 2.24) is 10.2 Å². The van der Waals surface area contributed by atoms with Gasteiger partial charge in [0.05, 0.1) is 11.1 Å². The third kappa shape index (κ3) is 4.03. The quantitative estimate of drug-likeness (QED) is 0.863. The molecule has 0 atom stereocenters. The molecule has 1 saturated heterocycles. The van der Waals surface area contributed by atoms with E-state index < -0.39 is 0 Å². The summed E-state index contributed by atoms with van der Waals surface area (Å²) in [7, 11) is 0. The van der Waals surface area contributed by atoms with Crippen molar-refractivity contribution < 1.29 is 19.2 Å². The molecule has 0 saturated carbocycles. The predicted octanol–water partition coefficient (Wildman–Crippen LogP) is 1.90. The van der Waals surface area contributed by atoms with Crippen molar-refractivity contribution in [3.05, 3.63) is 35.4 Å². The normalized spacial score (nSPS) is 16.7. The van der Waals surface area contributed by atoms with Crippen LogP contribution < -0.4 is 5.32 Å². The van der Waals surface area contributed by atoms with E-state index in [4.69, 9.17) is 0 Å². The first-order chi connectivity index (χ1) is 11.0. The maximum absolute atomic E-state index is 11.8. The van der Waals surface area contributed by atoms with Crippen LogP contribution in [-0.4, -0.2) is 35.1 Å². The zero-order valence-corrected chi connectivity index (χ0v) is 13.1. The molecule has 0 aromatic heterocycles. The fourth-order valence-electron chi connectivity index (χ4n) is 2.45. The van der Waals surface area contributed by atoms with Crippen LogP contribution in [0.3, 0.4) is 0 Å². The van der Waals surface area contributed by atoms with Crippen LogP contribution in [0.4, 0.5) is 0 Å². The highest BCUT2D eigenvalue weighted by Gasteiger charge is 2.34. The molecule has 2 heterocycles. The van der Waals surface area contributed by atoms with Gasteiger partial charge in [0, 0.05) is 19.4 Å². The van der Waals surface area contributed by atoms with Gasteiger partial charge in [-0.3, -0.25) is 29.4 Å². The molecule has 3 rings (SSSR count). The van der Waals surface area contributed by atoms with E-state index in [1.54, 1.807) is 24.3 Å². The van der Waals surface area contributed by atoms with Gasteiger partial charge in [-0.25, -0.2) is 0 Å². The molecule has 6 heteroatoms. The van der Waals surface area contributed by atoms with E-state index in [0.717, 1.165) is 12.8 Å². The van der Waals surface area contributed by atoms with Crippen LogP contribution in [0.2, 0.25) is 0 Å². The van der Waals surface area contributed by atoms with E-state index >= 15 is 0 Å². The molecule has 2 aliphatic heterocycles. The van der Waals surface area contributed by atoms with Gasteiger partial charge in [0.15, 0.2) is 0 Å². The van der Waals surface area contributed by atoms with Crippen molar-refractivity contribution in [3.63, 3.8) is 0 Å². The van der Waals surface area contributed by atoms with Crippen LogP contribution in [0.25, 0.3) is 0 Å². The lowest BCUT2D eigenvalue weighted by molar-refractivity contribution is -0.132. The van der Waals surface area contributed by atoms with Crippen LogP contribution >= 0.6 is 0 Å². The largest absolute Gasteiger partial charge is 0.296 e. The molecule has 122 valence electrons. The Balaban J connectivity index is 0.000000203. The lowest BCUT2D eigenvalue weighted by Crippen LogP contribution is -2.33. The van der Waals surface area contributed by atoms with Gasteiger partial charge >= 0.3 is 0 Å². The molecule has 1 fully saturated rings. The first kappa shape index (κ1) is 16.9. The predicted molar refractivity (Wildman–Crippen MR) is 83.7 cm³/mol. The number of nitrogens with one attached hydrogen (secondary N) is 1. The number of rotatable bonds is 3. The summed E-state index contributed by atoms with van der Waals surface area (Å²) in [6.45, 7) is 2.57. The molecule has 23 heavy (non-hydrogen) atoms. The number of amides is 4. The Kier molecular flexibility index (Phi) is 5.62. The molecule has 0 bridgehead atoms. The fraction of sp³-hybridized carbons (Fsp3) is 0.412. The number of piperidine rings is 1. The lowest BCUT2D eigenvalue weighted by Gasteiger charge is -2.12. The van der Waals surface area contributed by atoms with Crippen molar-refractivity contribution in [3.8, 4) is 0 Å². The molecule has 0 unspecified atom stereocenters. The monoisotopic (exact) mass is 316 g/mol. The number of carbonyl (C=O) groups excluding carboxylic acids is 4. The molecule has 1 aromatic rings. The Hall–Kier alpha value is -2.50. The van der Waals surface area contributed by atoms with Gasteiger partial charge in [-0.1, -0.05) is 25.5 Å². The van der Waals surface area contributed by atoms with Crippen LogP contribution in [0, 0.1) is 0 Å². The van der Waals surface area contributed by atoms with Gasteiger partial charge in [0.2, 0.25) is 11.8 Å². The van der Waals surface area contributed by atoms with Gasteiger partial charge in [-0.2, -0.15) is 0 Å². The number of hydrogen-bond acceptors (Lipinski definition) is 4. The van der Waals surface area contributed by atoms with Crippen LogP contribution in [0.5, 0.6) is 0 Å². The Labute approximate surface area is 134 Å². The second kappa shape index (κ2) is 7.67. The summed E-state index contributed by atoms with van der Waals surface area (Å²) in [6.07, 6.45) is 3.57. The molecule has 0 radical (unpaired) electrons. The number of nitrogens with zero attached hydrogens (tertiary/aromatic N) is 1. The van der Waals surface area contributed by atoms with Gasteiger partial charge in [0.25, 0.3) is 11.8 Å². The summed E-state index contributed by atoms with van der Waals surface area (Å²) >= 11 is 0. The lowest BCUT2D eigenvalue weighted by atomic mass is 10.1. The zero-order chi connectivity index (χ0) is 16.8. The van der Waals surface area contributed by atoms with Crippen molar-refractivity contribution in [2.24, 2.45) is 0 Å². The summed E-state index contributed by atoms with van der Waals surface area (Å²) in [5.74, 6) is -0.574. The minimum Gasteiger partial charge on any atom is -0.296 e. The van der Waals surface area contributed by atoms with Gasteiger partial charge in [-0.15, -0.1) is 0 Å². The van der Waals surface area contributed by atoms with Crippen LogP contribution in [-0.2, 0) is 9.59 Å². The third-order valence-electron chi connectivity index (χ3n) is 3.70. The summed E-state index contributed by atoms with van der Waals surface area (Å²) in [6, 6.07) is 6.99. The number of benzene rings is 1. The molecular weight excluding hydrogens is 296 g/mol. The van der Waals surface area contributed by atoms with Crippen molar-refractivity contribution >= 4 is 23.6 Å². The summed E-state index contributed by atoms with van der Waals surface area (Å²) in [5, 5.41) is 2.20.